The molecule has 0 aliphatic rings. The fraction of sp³-hybridized carbons (Fsp3) is 0.182. The van der Waals surface area contributed by atoms with E-state index in [1.54, 1.807) is 19.1 Å². The Morgan fingerprint density at radius 1 is 1.19 bits per heavy atom. The minimum Gasteiger partial charge on any atom is -0.486 e. The molecule has 1 aromatic heterocycles. The van der Waals surface area contributed by atoms with E-state index >= 15 is 0 Å². The Labute approximate surface area is 157 Å². The van der Waals surface area contributed by atoms with Crippen molar-refractivity contribution in [2.45, 2.75) is 25.9 Å². The molecular weight excluding hydrogens is 342 g/mol. The van der Waals surface area contributed by atoms with Crippen molar-refractivity contribution in [1.82, 2.24) is 5.16 Å². The van der Waals surface area contributed by atoms with Crippen molar-refractivity contribution in [2.24, 2.45) is 0 Å². The lowest BCUT2D eigenvalue weighted by Crippen LogP contribution is -2.04. The highest BCUT2D eigenvalue weighted by Crippen LogP contribution is 2.23. The number of carboxylic acids is 1. The zero-order chi connectivity index (χ0) is 19.1. The third-order valence-corrected chi connectivity index (χ3v) is 3.99. The van der Waals surface area contributed by atoms with Gasteiger partial charge in [-0.25, -0.2) is 0 Å². The topological polar surface area (TPSA) is 72.6 Å². The van der Waals surface area contributed by atoms with Crippen molar-refractivity contribution in [3.8, 4) is 28.8 Å². The molecule has 1 heterocycles. The van der Waals surface area contributed by atoms with Crippen LogP contribution in [-0.4, -0.2) is 16.2 Å². The predicted molar refractivity (Wildman–Crippen MR) is 101 cm³/mol. The number of hydrogen-bond donors (Lipinski definition) is 1. The Balaban J connectivity index is 1.62. The Morgan fingerprint density at radius 3 is 2.59 bits per heavy atom. The van der Waals surface area contributed by atoms with Gasteiger partial charge in [-0.2, -0.15) is 0 Å². The molecule has 1 N–H and O–H groups in total. The fourth-order valence-corrected chi connectivity index (χ4v) is 2.68. The van der Waals surface area contributed by atoms with Crippen LogP contribution in [0.25, 0.3) is 11.3 Å². The third-order valence-electron chi connectivity index (χ3n) is 3.99. The van der Waals surface area contributed by atoms with Crippen LogP contribution in [0.3, 0.4) is 0 Å². The van der Waals surface area contributed by atoms with E-state index in [0.29, 0.717) is 11.5 Å². The van der Waals surface area contributed by atoms with Crippen LogP contribution in [0.2, 0.25) is 0 Å². The van der Waals surface area contributed by atoms with E-state index in [1.165, 1.54) is 0 Å². The maximum atomic E-state index is 11.0. The van der Waals surface area contributed by atoms with Crippen LogP contribution in [0, 0.1) is 11.8 Å². The lowest BCUT2D eigenvalue weighted by Gasteiger charge is -2.10. The molecule has 0 saturated carbocycles. The number of benzene rings is 2. The van der Waals surface area contributed by atoms with Crippen LogP contribution in [-0.2, 0) is 11.4 Å². The summed E-state index contributed by atoms with van der Waals surface area (Å²) in [5, 5.41) is 13.1. The largest absolute Gasteiger partial charge is 0.486 e. The summed E-state index contributed by atoms with van der Waals surface area (Å²) in [5.41, 5.74) is 2.60. The SMILES string of the molecule is CC#CC(CC(=O)O)c1ccc(OCc2cc(-c3ccccc3)no2)cc1. The van der Waals surface area contributed by atoms with Gasteiger partial charge in [-0.05, 0) is 24.6 Å². The van der Waals surface area contributed by atoms with E-state index in [4.69, 9.17) is 14.4 Å². The van der Waals surface area contributed by atoms with Gasteiger partial charge in [0.25, 0.3) is 0 Å². The van der Waals surface area contributed by atoms with E-state index in [0.717, 1.165) is 16.8 Å². The lowest BCUT2D eigenvalue weighted by molar-refractivity contribution is -0.137. The molecule has 0 saturated heterocycles. The first kappa shape index (κ1) is 18.3. The summed E-state index contributed by atoms with van der Waals surface area (Å²) in [7, 11) is 0. The van der Waals surface area contributed by atoms with Crippen LogP contribution in [0.4, 0.5) is 0 Å². The van der Waals surface area contributed by atoms with Crippen molar-refractivity contribution in [1.29, 1.82) is 0 Å². The molecule has 136 valence electrons. The second-order valence-corrected chi connectivity index (χ2v) is 5.95. The number of aliphatic carboxylic acids is 1. The van der Waals surface area contributed by atoms with Gasteiger partial charge in [0, 0.05) is 11.6 Å². The van der Waals surface area contributed by atoms with Gasteiger partial charge in [-0.15, -0.1) is 5.92 Å². The number of hydrogen-bond acceptors (Lipinski definition) is 4. The zero-order valence-electron chi connectivity index (χ0n) is 14.9. The summed E-state index contributed by atoms with van der Waals surface area (Å²) in [4.78, 5) is 11.0. The highest BCUT2D eigenvalue weighted by atomic mass is 16.5. The fourth-order valence-electron chi connectivity index (χ4n) is 2.68. The predicted octanol–water partition coefficient (Wildman–Crippen LogP) is 4.50. The van der Waals surface area contributed by atoms with E-state index in [1.807, 2.05) is 48.5 Å². The smallest absolute Gasteiger partial charge is 0.304 e. The van der Waals surface area contributed by atoms with Gasteiger partial charge < -0.3 is 14.4 Å². The number of rotatable bonds is 7. The maximum Gasteiger partial charge on any atom is 0.304 e. The molecule has 27 heavy (non-hydrogen) atoms. The molecule has 0 aliphatic carbocycles. The van der Waals surface area contributed by atoms with Gasteiger partial charge >= 0.3 is 5.97 Å². The highest BCUT2D eigenvalue weighted by Gasteiger charge is 2.13. The summed E-state index contributed by atoms with van der Waals surface area (Å²) in [5.74, 6) is 5.80. The zero-order valence-corrected chi connectivity index (χ0v) is 14.9. The van der Waals surface area contributed by atoms with Crippen LogP contribution in [0.5, 0.6) is 5.75 Å². The summed E-state index contributed by atoms with van der Waals surface area (Å²) in [6.45, 7) is 1.96. The van der Waals surface area contributed by atoms with Crippen molar-refractivity contribution in [2.75, 3.05) is 0 Å². The van der Waals surface area contributed by atoms with E-state index in [2.05, 4.69) is 17.0 Å². The van der Waals surface area contributed by atoms with E-state index in [9.17, 15) is 4.79 Å². The molecule has 0 radical (unpaired) electrons. The molecular formula is C22H19NO4. The second kappa shape index (κ2) is 8.72. The van der Waals surface area contributed by atoms with Gasteiger partial charge in [0.2, 0.25) is 0 Å². The Hall–Kier alpha value is -3.52. The van der Waals surface area contributed by atoms with E-state index in [-0.39, 0.29) is 18.9 Å². The first-order valence-corrected chi connectivity index (χ1v) is 8.53. The Kier molecular flexibility index (Phi) is 5.91. The van der Waals surface area contributed by atoms with Crippen molar-refractivity contribution in [3.63, 3.8) is 0 Å². The summed E-state index contributed by atoms with van der Waals surface area (Å²) in [6.07, 6.45) is -0.0264. The summed E-state index contributed by atoms with van der Waals surface area (Å²) < 4.78 is 11.1. The minimum atomic E-state index is -0.873. The molecule has 5 heteroatoms. The first-order chi connectivity index (χ1) is 13.2. The second-order valence-electron chi connectivity index (χ2n) is 5.95. The number of ether oxygens (including phenoxy) is 1. The number of nitrogens with zero attached hydrogens (tertiary/aromatic N) is 1. The number of aromatic nitrogens is 1. The Morgan fingerprint density at radius 2 is 1.93 bits per heavy atom. The molecule has 3 rings (SSSR count). The molecule has 2 aromatic carbocycles. The van der Waals surface area contributed by atoms with Gasteiger partial charge in [0.15, 0.2) is 5.76 Å². The molecule has 0 amide bonds. The molecule has 0 bridgehead atoms. The molecule has 3 aromatic rings. The monoisotopic (exact) mass is 361 g/mol. The first-order valence-electron chi connectivity index (χ1n) is 8.53. The van der Waals surface area contributed by atoms with Gasteiger partial charge in [-0.1, -0.05) is 53.5 Å². The van der Waals surface area contributed by atoms with Crippen LogP contribution in [0.15, 0.2) is 65.2 Å². The lowest BCUT2D eigenvalue weighted by atomic mass is 9.96. The van der Waals surface area contributed by atoms with Crippen LogP contribution in [0.1, 0.15) is 30.6 Å². The normalized spacial score (nSPS) is 11.3. The quantitative estimate of drug-likeness (QED) is 0.627. The van der Waals surface area contributed by atoms with Gasteiger partial charge in [0.1, 0.15) is 18.1 Å². The molecule has 5 nitrogen and oxygen atoms in total. The van der Waals surface area contributed by atoms with Crippen molar-refractivity contribution in [3.05, 3.63) is 72.0 Å². The van der Waals surface area contributed by atoms with Crippen LogP contribution >= 0.6 is 0 Å². The molecule has 0 spiro atoms. The number of carboxylic acid groups (broad SMARTS) is 1. The van der Waals surface area contributed by atoms with E-state index < -0.39 is 5.97 Å². The van der Waals surface area contributed by atoms with Gasteiger partial charge in [-0.3, -0.25) is 4.79 Å². The Bertz CT molecular complexity index is 949. The molecule has 1 atom stereocenters. The van der Waals surface area contributed by atoms with Crippen LogP contribution < -0.4 is 4.74 Å². The average Bonchev–Trinajstić information content (AvgIpc) is 3.16. The summed E-state index contributed by atoms with van der Waals surface area (Å²) in [6, 6.07) is 18.9. The molecule has 1 unspecified atom stereocenters. The van der Waals surface area contributed by atoms with Gasteiger partial charge in [0.05, 0.1) is 12.3 Å². The maximum absolute atomic E-state index is 11.0. The molecule has 0 fully saturated rings. The van der Waals surface area contributed by atoms with Crippen molar-refractivity contribution >= 4 is 5.97 Å². The highest BCUT2D eigenvalue weighted by molar-refractivity contribution is 5.69. The molecule has 0 aliphatic heterocycles. The average molecular weight is 361 g/mol. The minimum absolute atomic E-state index is 0.0264. The van der Waals surface area contributed by atoms with Crippen molar-refractivity contribution < 1.29 is 19.2 Å². The standard InChI is InChI=1S/C22H19NO4/c1-2-6-18(13-22(24)25)16-9-11-19(12-10-16)26-15-20-14-21(23-27-20)17-7-4-3-5-8-17/h3-5,7-12,14,18H,13,15H2,1H3,(H,24,25). The third kappa shape index (κ3) is 4.99. The number of carbonyl (C=O) groups is 1. The summed E-state index contributed by atoms with van der Waals surface area (Å²) >= 11 is 0.